The van der Waals surface area contributed by atoms with Crippen LogP contribution in [0.1, 0.15) is 77.6 Å². The molecule has 0 aromatic carbocycles. The van der Waals surface area contributed by atoms with E-state index < -0.39 is 0 Å². The smallest absolute Gasteiger partial charge is 0.0643 e. The van der Waals surface area contributed by atoms with Gasteiger partial charge in [-0.15, -0.1) is 0 Å². The Bertz CT molecular complexity index is 336. The summed E-state index contributed by atoms with van der Waals surface area (Å²) in [5.41, 5.74) is 0. The van der Waals surface area contributed by atoms with Gasteiger partial charge in [0.1, 0.15) is 0 Å². The molecule has 0 aromatic rings. The first-order valence-corrected chi connectivity index (χ1v) is 9.46. The minimum Gasteiger partial charge on any atom is -0.378 e. The fourth-order valence-corrected chi connectivity index (χ4v) is 3.84. The van der Waals surface area contributed by atoms with Gasteiger partial charge in [0, 0.05) is 12.5 Å². The summed E-state index contributed by atoms with van der Waals surface area (Å²) in [6.07, 6.45) is 19.9. The summed E-state index contributed by atoms with van der Waals surface area (Å²) in [6, 6.07) is 0. The summed E-state index contributed by atoms with van der Waals surface area (Å²) in [5, 5.41) is 0. The van der Waals surface area contributed by atoms with E-state index in [1.807, 2.05) is 0 Å². The average molecular weight is 309 g/mol. The van der Waals surface area contributed by atoms with Crippen molar-refractivity contribution in [2.45, 2.75) is 83.7 Å². The Balaban J connectivity index is 1.31. The average Bonchev–Trinajstić information content (AvgIpc) is 3.07. The van der Waals surface area contributed by atoms with Crippen LogP contribution in [-0.2, 0) is 4.74 Å². The van der Waals surface area contributed by atoms with Gasteiger partial charge in [-0.1, -0.05) is 62.9 Å². The maximum atomic E-state index is 6.06. The third-order valence-corrected chi connectivity index (χ3v) is 5.18. The van der Waals surface area contributed by atoms with Gasteiger partial charge in [0.05, 0.1) is 6.10 Å². The molecule has 21 heavy (non-hydrogen) atoms. The van der Waals surface area contributed by atoms with Crippen LogP contribution in [0.25, 0.3) is 0 Å². The molecular formula is C19H32OS. The molecule has 120 valence electrons. The van der Waals surface area contributed by atoms with Crippen LogP contribution in [0.15, 0.2) is 12.2 Å². The van der Waals surface area contributed by atoms with Crippen LogP contribution < -0.4 is 0 Å². The van der Waals surface area contributed by atoms with Crippen LogP contribution in [-0.4, -0.2) is 17.6 Å². The van der Waals surface area contributed by atoms with Gasteiger partial charge in [-0.25, -0.2) is 0 Å². The van der Waals surface area contributed by atoms with Crippen LogP contribution in [0.5, 0.6) is 0 Å². The molecule has 2 aliphatic rings. The van der Waals surface area contributed by atoms with E-state index in [0.717, 1.165) is 24.9 Å². The maximum Gasteiger partial charge on any atom is 0.0643 e. The normalized spacial score (nSPS) is 26.6. The highest BCUT2D eigenvalue weighted by atomic mass is 32.1. The molecule has 0 amide bonds. The number of thiocarbonyl (C=S) groups is 1. The first-order chi connectivity index (χ1) is 10.3. The van der Waals surface area contributed by atoms with Crippen molar-refractivity contribution >= 4 is 17.1 Å². The molecule has 0 spiro atoms. The lowest BCUT2D eigenvalue weighted by molar-refractivity contribution is 0.0342. The molecule has 2 rings (SSSR count). The molecule has 0 heterocycles. The van der Waals surface area contributed by atoms with Gasteiger partial charge in [-0.05, 0) is 49.8 Å². The molecular weight excluding hydrogens is 276 g/mol. The third-order valence-electron chi connectivity index (χ3n) is 4.97. The van der Waals surface area contributed by atoms with Crippen LogP contribution in [0, 0.1) is 11.8 Å². The van der Waals surface area contributed by atoms with E-state index >= 15 is 0 Å². The molecule has 0 aromatic heterocycles. The number of ether oxygens (including phenoxy) is 1. The van der Waals surface area contributed by atoms with E-state index in [1.54, 1.807) is 0 Å². The molecule has 2 aliphatic carbocycles. The van der Waals surface area contributed by atoms with Crippen molar-refractivity contribution in [1.29, 1.82) is 0 Å². The zero-order valence-electron chi connectivity index (χ0n) is 13.7. The SMILES string of the molecule is CC(=S)CCCCCCCCCCOC1CC2C=CC1C2. The van der Waals surface area contributed by atoms with Crippen molar-refractivity contribution in [2.24, 2.45) is 11.8 Å². The standard InChI is InChI=1S/C19H32OS/c1-16(21)10-8-6-4-2-3-5-7-9-13-20-19-15-17-11-12-18(19)14-17/h11-12,17-19H,2-10,13-15H2,1H3. The summed E-state index contributed by atoms with van der Waals surface area (Å²) < 4.78 is 6.06. The fraction of sp³-hybridized carbons (Fsp3) is 0.842. The van der Waals surface area contributed by atoms with Crippen molar-refractivity contribution in [1.82, 2.24) is 0 Å². The van der Waals surface area contributed by atoms with Crippen LogP contribution in [0.3, 0.4) is 0 Å². The van der Waals surface area contributed by atoms with E-state index in [1.165, 1.54) is 69.1 Å². The van der Waals surface area contributed by atoms with E-state index in [9.17, 15) is 0 Å². The summed E-state index contributed by atoms with van der Waals surface area (Å²) in [5.74, 6) is 1.58. The number of hydrogen-bond acceptors (Lipinski definition) is 2. The zero-order chi connectivity index (χ0) is 14.9. The summed E-state index contributed by atoms with van der Waals surface area (Å²) in [4.78, 5) is 1.17. The van der Waals surface area contributed by atoms with Gasteiger partial charge in [0.15, 0.2) is 0 Å². The number of hydrogen-bond donors (Lipinski definition) is 0. The minimum atomic E-state index is 0.546. The first kappa shape index (κ1) is 17.1. The van der Waals surface area contributed by atoms with E-state index in [2.05, 4.69) is 19.1 Å². The number of unbranched alkanes of at least 4 members (excludes halogenated alkanes) is 7. The van der Waals surface area contributed by atoms with Gasteiger partial charge >= 0.3 is 0 Å². The summed E-state index contributed by atoms with van der Waals surface area (Å²) >= 11 is 5.10. The van der Waals surface area contributed by atoms with Gasteiger partial charge < -0.3 is 4.74 Å². The summed E-state index contributed by atoms with van der Waals surface area (Å²) in [7, 11) is 0. The lowest BCUT2D eigenvalue weighted by atomic mass is 10.0. The topological polar surface area (TPSA) is 9.23 Å². The molecule has 3 unspecified atom stereocenters. The Hall–Kier alpha value is -0.210. The Morgan fingerprint density at radius 1 is 0.952 bits per heavy atom. The quantitative estimate of drug-likeness (QED) is 0.253. The molecule has 3 atom stereocenters. The van der Waals surface area contributed by atoms with E-state index in [-0.39, 0.29) is 0 Å². The second kappa shape index (κ2) is 9.74. The lowest BCUT2D eigenvalue weighted by Crippen LogP contribution is -2.18. The number of fused-ring (bicyclic) bond motifs is 2. The predicted octanol–water partition coefficient (Wildman–Crippen LogP) is 5.87. The van der Waals surface area contributed by atoms with Gasteiger partial charge in [0.25, 0.3) is 0 Å². The highest BCUT2D eigenvalue weighted by molar-refractivity contribution is 7.80. The van der Waals surface area contributed by atoms with Crippen molar-refractivity contribution in [3.63, 3.8) is 0 Å². The largest absolute Gasteiger partial charge is 0.378 e. The van der Waals surface area contributed by atoms with Crippen LogP contribution in [0.2, 0.25) is 0 Å². The highest BCUT2D eigenvalue weighted by Crippen LogP contribution is 2.40. The molecule has 2 heteroatoms. The first-order valence-electron chi connectivity index (χ1n) is 9.05. The van der Waals surface area contributed by atoms with Crippen molar-refractivity contribution in [3.8, 4) is 0 Å². The van der Waals surface area contributed by atoms with Gasteiger partial charge in [-0.3, -0.25) is 0 Å². The molecule has 2 bridgehead atoms. The number of rotatable bonds is 12. The van der Waals surface area contributed by atoms with Crippen molar-refractivity contribution in [3.05, 3.63) is 12.2 Å². The Labute approximate surface area is 136 Å². The van der Waals surface area contributed by atoms with E-state index in [0.29, 0.717) is 6.10 Å². The van der Waals surface area contributed by atoms with Crippen LogP contribution >= 0.6 is 12.2 Å². The minimum absolute atomic E-state index is 0.546. The van der Waals surface area contributed by atoms with Crippen molar-refractivity contribution in [2.75, 3.05) is 6.61 Å². The Morgan fingerprint density at radius 2 is 1.62 bits per heavy atom. The molecule has 0 saturated heterocycles. The highest BCUT2D eigenvalue weighted by Gasteiger charge is 2.35. The van der Waals surface area contributed by atoms with Gasteiger partial charge in [-0.2, -0.15) is 0 Å². The number of allylic oxidation sites excluding steroid dienone is 1. The second-order valence-electron chi connectivity index (χ2n) is 6.97. The molecule has 0 N–H and O–H groups in total. The predicted molar refractivity (Wildman–Crippen MR) is 94.9 cm³/mol. The lowest BCUT2D eigenvalue weighted by Gasteiger charge is -2.18. The zero-order valence-corrected chi connectivity index (χ0v) is 14.5. The van der Waals surface area contributed by atoms with Crippen LogP contribution in [0.4, 0.5) is 0 Å². The summed E-state index contributed by atoms with van der Waals surface area (Å²) in [6.45, 7) is 3.04. The monoisotopic (exact) mass is 308 g/mol. The maximum absolute atomic E-state index is 6.06. The molecule has 1 fully saturated rings. The second-order valence-corrected chi connectivity index (χ2v) is 7.67. The fourth-order valence-electron chi connectivity index (χ4n) is 3.69. The molecule has 1 saturated carbocycles. The molecule has 0 aliphatic heterocycles. The molecule has 1 nitrogen and oxygen atoms in total. The third kappa shape index (κ3) is 6.61. The van der Waals surface area contributed by atoms with Gasteiger partial charge in [0.2, 0.25) is 0 Å². The molecule has 0 radical (unpaired) electrons. The van der Waals surface area contributed by atoms with Crippen molar-refractivity contribution < 1.29 is 4.74 Å². The Morgan fingerprint density at radius 3 is 2.19 bits per heavy atom. The van der Waals surface area contributed by atoms with E-state index in [4.69, 9.17) is 17.0 Å². The Kier molecular flexibility index (Phi) is 7.95.